The Morgan fingerprint density at radius 1 is 1.17 bits per heavy atom. The Labute approximate surface area is 115 Å². The molecule has 1 unspecified atom stereocenters. The highest BCUT2D eigenvalue weighted by atomic mass is 79.9. The summed E-state index contributed by atoms with van der Waals surface area (Å²) >= 11 is 3.41. The second kappa shape index (κ2) is 6.01. The van der Waals surface area contributed by atoms with Gasteiger partial charge in [0.25, 0.3) is 0 Å². The van der Waals surface area contributed by atoms with Crippen molar-refractivity contribution in [3.63, 3.8) is 0 Å². The van der Waals surface area contributed by atoms with Crippen molar-refractivity contribution < 1.29 is 4.39 Å². The fraction of sp³-hybridized carbons (Fsp3) is 0.200. The first-order valence-electron chi connectivity index (χ1n) is 5.90. The standard InChI is InChI=1S/C15H15BrFN/c1-11(12-5-3-2-4-6-12)10-18-15-9-13(17)7-8-14(15)16/h2-9,11,18H,10H2,1H3. The highest BCUT2D eigenvalue weighted by Crippen LogP contribution is 2.24. The molecule has 0 spiro atoms. The molecule has 2 aromatic rings. The van der Waals surface area contributed by atoms with Crippen molar-refractivity contribution >= 4 is 21.6 Å². The van der Waals surface area contributed by atoms with Crippen LogP contribution in [0.3, 0.4) is 0 Å². The van der Waals surface area contributed by atoms with Gasteiger partial charge in [-0.05, 0) is 45.6 Å². The largest absolute Gasteiger partial charge is 0.383 e. The summed E-state index contributed by atoms with van der Waals surface area (Å²) < 4.78 is 14.0. The maximum Gasteiger partial charge on any atom is 0.125 e. The van der Waals surface area contributed by atoms with E-state index in [9.17, 15) is 4.39 Å². The van der Waals surface area contributed by atoms with Gasteiger partial charge in [0.1, 0.15) is 5.82 Å². The summed E-state index contributed by atoms with van der Waals surface area (Å²) in [5, 5.41) is 3.27. The fourth-order valence-electron chi connectivity index (χ4n) is 1.80. The molecule has 0 aliphatic rings. The first-order valence-corrected chi connectivity index (χ1v) is 6.70. The number of halogens is 2. The zero-order valence-electron chi connectivity index (χ0n) is 10.2. The lowest BCUT2D eigenvalue weighted by Crippen LogP contribution is -2.10. The average molecular weight is 308 g/mol. The Bertz CT molecular complexity index is 513. The molecule has 0 aliphatic heterocycles. The smallest absolute Gasteiger partial charge is 0.125 e. The van der Waals surface area contributed by atoms with E-state index in [1.807, 2.05) is 18.2 Å². The molecule has 1 nitrogen and oxygen atoms in total. The Morgan fingerprint density at radius 3 is 2.61 bits per heavy atom. The monoisotopic (exact) mass is 307 g/mol. The minimum atomic E-state index is -0.229. The van der Waals surface area contributed by atoms with Crippen LogP contribution in [0.1, 0.15) is 18.4 Å². The van der Waals surface area contributed by atoms with Gasteiger partial charge >= 0.3 is 0 Å². The van der Waals surface area contributed by atoms with Crippen molar-refractivity contribution in [2.75, 3.05) is 11.9 Å². The van der Waals surface area contributed by atoms with Crippen LogP contribution < -0.4 is 5.32 Å². The molecule has 2 aromatic carbocycles. The lowest BCUT2D eigenvalue weighted by atomic mass is 10.0. The Kier molecular flexibility index (Phi) is 4.37. The van der Waals surface area contributed by atoms with Crippen LogP contribution in [-0.4, -0.2) is 6.54 Å². The van der Waals surface area contributed by atoms with Gasteiger partial charge in [-0.3, -0.25) is 0 Å². The van der Waals surface area contributed by atoms with Crippen molar-refractivity contribution in [2.45, 2.75) is 12.8 Å². The van der Waals surface area contributed by atoms with E-state index in [-0.39, 0.29) is 5.82 Å². The van der Waals surface area contributed by atoms with Gasteiger partial charge in [0.15, 0.2) is 0 Å². The van der Waals surface area contributed by atoms with Gasteiger partial charge < -0.3 is 5.32 Å². The van der Waals surface area contributed by atoms with Gasteiger partial charge in [-0.25, -0.2) is 4.39 Å². The van der Waals surface area contributed by atoms with Gasteiger partial charge in [0.2, 0.25) is 0 Å². The number of anilines is 1. The van der Waals surface area contributed by atoms with Gasteiger partial charge in [-0.1, -0.05) is 37.3 Å². The molecule has 1 N–H and O–H groups in total. The highest BCUT2D eigenvalue weighted by Gasteiger charge is 2.06. The van der Waals surface area contributed by atoms with Crippen molar-refractivity contribution in [3.8, 4) is 0 Å². The third-order valence-electron chi connectivity index (χ3n) is 2.90. The van der Waals surface area contributed by atoms with Crippen molar-refractivity contribution in [1.29, 1.82) is 0 Å². The summed E-state index contributed by atoms with van der Waals surface area (Å²) in [6.07, 6.45) is 0. The topological polar surface area (TPSA) is 12.0 Å². The van der Waals surface area contributed by atoms with Crippen LogP contribution in [0.2, 0.25) is 0 Å². The Balaban J connectivity index is 2.01. The molecule has 0 amide bonds. The molecule has 0 saturated heterocycles. The number of benzene rings is 2. The van der Waals surface area contributed by atoms with E-state index in [0.717, 1.165) is 16.7 Å². The van der Waals surface area contributed by atoms with Crippen LogP contribution >= 0.6 is 15.9 Å². The summed E-state index contributed by atoms with van der Waals surface area (Å²) in [6.45, 7) is 2.92. The van der Waals surface area contributed by atoms with Gasteiger partial charge in [0.05, 0.1) is 5.69 Å². The molecule has 0 aromatic heterocycles. The molecule has 18 heavy (non-hydrogen) atoms. The third kappa shape index (κ3) is 3.33. The van der Waals surface area contributed by atoms with E-state index in [4.69, 9.17) is 0 Å². The Hall–Kier alpha value is -1.35. The summed E-state index contributed by atoms with van der Waals surface area (Å²) in [6, 6.07) is 14.9. The van der Waals surface area contributed by atoms with Crippen LogP contribution in [0, 0.1) is 5.82 Å². The van der Waals surface area contributed by atoms with Gasteiger partial charge in [-0.15, -0.1) is 0 Å². The second-order valence-corrected chi connectivity index (χ2v) is 5.17. The highest BCUT2D eigenvalue weighted by molar-refractivity contribution is 9.10. The van der Waals surface area contributed by atoms with Crippen molar-refractivity contribution in [3.05, 3.63) is 64.4 Å². The van der Waals surface area contributed by atoms with Crippen molar-refractivity contribution in [2.24, 2.45) is 0 Å². The summed E-state index contributed by atoms with van der Waals surface area (Å²) in [5.74, 6) is 0.148. The SMILES string of the molecule is CC(CNc1cc(F)ccc1Br)c1ccccc1. The van der Waals surface area contributed by atoms with E-state index in [1.54, 1.807) is 6.07 Å². The summed E-state index contributed by atoms with van der Waals surface area (Å²) in [5.41, 5.74) is 2.07. The van der Waals surface area contributed by atoms with E-state index < -0.39 is 0 Å². The van der Waals surface area contributed by atoms with Crippen LogP contribution in [0.4, 0.5) is 10.1 Å². The first kappa shape index (κ1) is 13.1. The van der Waals surface area contributed by atoms with E-state index in [1.165, 1.54) is 17.7 Å². The molecule has 0 bridgehead atoms. The van der Waals surface area contributed by atoms with Crippen LogP contribution in [0.15, 0.2) is 53.0 Å². The molecule has 0 saturated carbocycles. The summed E-state index contributed by atoms with van der Waals surface area (Å²) in [4.78, 5) is 0. The molecule has 0 heterocycles. The quantitative estimate of drug-likeness (QED) is 0.855. The lowest BCUT2D eigenvalue weighted by molar-refractivity contribution is 0.627. The molecule has 3 heteroatoms. The van der Waals surface area contributed by atoms with Crippen LogP contribution in [0.25, 0.3) is 0 Å². The molecular weight excluding hydrogens is 293 g/mol. The zero-order chi connectivity index (χ0) is 13.0. The molecule has 0 aliphatic carbocycles. The number of nitrogens with one attached hydrogen (secondary N) is 1. The number of hydrogen-bond acceptors (Lipinski definition) is 1. The molecule has 94 valence electrons. The first-order chi connectivity index (χ1) is 8.66. The predicted octanol–water partition coefficient (Wildman–Crippen LogP) is 4.80. The number of hydrogen-bond donors (Lipinski definition) is 1. The maximum atomic E-state index is 13.1. The van der Waals surface area contributed by atoms with Gasteiger partial charge in [-0.2, -0.15) is 0 Å². The zero-order valence-corrected chi connectivity index (χ0v) is 11.7. The summed E-state index contributed by atoms with van der Waals surface area (Å²) in [7, 11) is 0. The molecule has 0 radical (unpaired) electrons. The molecule has 2 rings (SSSR count). The minimum absolute atomic E-state index is 0.229. The minimum Gasteiger partial charge on any atom is -0.383 e. The second-order valence-electron chi connectivity index (χ2n) is 4.32. The van der Waals surface area contributed by atoms with E-state index >= 15 is 0 Å². The lowest BCUT2D eigenvalue weighted by Gasteiger charge is -2.15. The molecule has 1 atom stereocenters. The predicted molar refractivity (Wildman–Crippen MR) is 77.4 cm³/mol. The van der Waals surface area contributed by atoms with Gasteiger partial charge in [0, 0.05) is 11.0 Å². The normalized spacial score (nSPS) is 12.2. The van der Waals surface area contributed by atoms with Crippen molar-refractivity contribution in [1.82, 2.24) is 0 Å². The van der Waals surface area contributed by atoms with E-state index in [2.05, 4.69) is 40.3 Å². The van der Waals surface area contributed by atoms with E-state index in [0.29, 0.717) is 5.92 Å². The molecular formula is C15H15BrFN. The maximum absolute atomic E-state index is 13.1. The fourth-order valence-corrected chi connectivity index (χ4v) is 2.18. The Morgan fingerprint density at radius 2 is 1.89 bits per heavy atom. The van der Waals surface area contributed by atoms with Crippen LogP contribution in [-0.2, 0) is 0 Å². The third-order valence-corrected chi connectivity index (χ3v) is 3.59. The van der Waals surface area contributed by atoms with Crippen LogP contribution in [0.5, 0.6) is 0 Å². The average Bonchev–Trinajstić information content (AvgIpc) is 2.40. The molecule has 0 fully saturated rings. The number of rotatable bonds is 4.